The van der Waals surface area contributed by atoms with Gasteiger partial charge in [0.05, 0.1) is 0 Å². The maximum Gasteiger partial charge on any atom is 0.166 e. The van der Waals surface area contributed by atoms with Crippen LogP contribution in [-0.4, -0.2) is 34.7 Å². The molecule has 3 atom stereocenters. The van der Waals surface area contributed by atoms with Gasteiger partial charge in [-0.05, 0) is 98.8 Å². The molecular weight excluding hydrogens is 370 g/mol. The van der Waals surface area contributed by atoms with Crippen LogP contribution in [0.4, 0.5) is 0 Å². The maximum absolute atomic E-state index is 7.09. The zero-order valence-electron chi connectivity index (χ0n) is 18.1. The minimum atomic E-state index is -0.236. The zero-order valence-corrected chi connectivity index (χ0v) is 18.1. The van der Waals surface area contributed by atoms with Gasteiger partial charge in [0.1, 0.15) is 5.76 Å². The van der Waals surface area contributed by atoms with Gasteiger partial charge in [-0.25, -0.2) is 0 Å². The van der Waals surface area contributed by atoms with Crippen molar-refractivity contribution >= 4 is 6.08 Å². The summed E-state index contributed by atoms with van der Waals surface area (Å²) in [5, 5.41) is 0. The standard InChI is InChI=1S/C26H31N3O/c1-29(2)26-13-4-3-8-23(26)24(20-11-16-28-17-12-20)22-7-5-6-21(25(22)30-26)18-19-9-14-27-15-10-19/h9-12,14-18,23-24H,3-8,13H2,1-2H3/b21-18+/t23-,24+,26-/m0/s1. The van der Waals surface area contributed by atoms with E-state index >= 15 is 0 Å². The van der Waals surface area contributed by atoms with Crippen LogP contribution in [0.25, 0.3) is 6.08 Å². The van der Waals surface area contributed by atoms with Crippen LogP contribution in [0.5, 0.6) is 0 Å². The normalized spacial score (nSPS) is 30.0. The summed E-state index contributed by atoms with van der Waals surface area (Å²) in [5.41, 5.74) is 5.19. The Kier molecular flexibility index (Phi) is 5.20. The Morgan fingerprint density at radius 2 is 1.70 bits per heavy atom. The topological polar surface area (TPSA) is 38.2 Å². The van der Waals surface area contributed by atoms with E-state index in [1.807, 2.05) is 24.8 Å². The molecule has 2 aliphatic carbocycles. The Morgan fingerprint density at radius 1 is 0.967 bits per heavy atom. The molecule has 0 aromatic carbocycles. The minimum Gasteiger partial charge on any atom is -0.472 e. The largest absolute Gasteiger partial charge is 0.472 e. The first kappa shape index (κ1) is 19.5. The van der Waals surface area contributed by atoms with Gasteiger partial charge in [0.25, 0.3) is 0 Å². The van der Waals surface area contributed by atoms with Crippen molar-refractivity contribution < 1.29 is 4.74 Å². The molecule has 5 rings (SSSR count). The highest BCUT2D eigenvalue weighted by molar-refractivity contribution is 5.59. The van der Waals surface area contributed by atoms with Gasteiger partial charge in [-0.15, -0.1) is 0 Å². The molecule has 3 heterocycles. The van der Waals surface area contributed by atoms with Crippen LogP contribution in [0.3, 0.4) is 0 Å². The van der Waals surface area contributed by atoms with E-state index in [4.69, 9.17) is 4.74 Å². The van der Waals surface area contributed by atoms with E-state index in [2.05, 4.69) is 59.3 Å². The van der Waals surface area contributed by atoms with Gasteiger partial charge in [-0.2, -0.15) is 0 Å². The summed E-state index contributed by atoms with van der Waals surface area (Å²) in [5.74, 6) is 2.04. The average Bonchev–Trinajstić information content (AvgIpc) is 2.79. The van der Waals surface area contributed by atoms with E-state index in [0.29, 0.717) is 11.8 Å². The first-order chi connectivity index (χ1) is 14.7. The van der Waals surface area contributed by atoms with Crippen LogP contribution in [0.1, 0.15) is 62.0 Å². The summed E-state index contributed by atoms with van der Waals surface area (Å²) >= 11 is 0. The molecule has 4 nitrogen and oxygen atoms in total. The summed E-state index contributed by atoms with van der Waals surface area (Å²) < 4.78 is 7.09. The molecule has 1 fully saturated rings. The van der Waals surface area contributed by atoms with Gasteiger partial charge in [0.15, 0.2) is 5.72 Å². The molecule has 0 amide bonds. The number of hydrogen-bond acceptors (Lipinski definition) is 4. The molecule has 0 spiro atoms. The van der Waals surface area contributed by atoms with Crippen molar-refractivity contribution in [3.63, 3.8) is 0 Å². The molecule has 0 bridgehead atoms. The van der Waals surface area contributed by atoms with E-state index in [9.17, 15) is 0 Å². The monoisotopic (exact) mass is 401 g/mol. The molecule has 4 heteroatoms. The fraction of sp³-hybridized carbons (Fsp3) is 0.462. The Balaban J connectivity index is 1.68. The molecule has 0 saturated heterocycles. The second-order valence-corrected chi connectivity index (χ2v) is 9.11. The number of rotatable bonds is 3. The van der Waals surface area contributed by atoms with Gasteiger partial charge >= 0.3 is 0 Å². The summed E-state index contributed by atoms with van der Waals surface area (Å²) in [6, 6.07) is 8.60. The smallest absolute Gasteiger partial charge is 0.166 e. The van der Waals surface area contributed by atoms with Crippen molar-refractivity contribution in [2.45, 2.75) is 56.6 Å². The van der Waals surface area contributed by atoms with E-state index in [-0.39, 0.29) is 5.72 Å². The van der Waals surface area contributed by atoms with Gasteiger partial charge in [0, 0.05) is 43.0 Å². The van der Waals surface area contributed by atoms with E-state index < -0.39 is 0 Å². The quantitative estimate of drug-likeness (QED) is 0.675. The molecule has 0 unspecified atom stereocenters. The van der Waals surface area contributed by atoms with Crippen molar-refractivity contribution in [3.8, 4) is 0 Å². The number of allylic oxidation sites excluding steroid dienone is 2. The average molecular weight is 402 g/mol. The number of hydrogen-bond donors (Lipinski definition) is 0. The van der Waals surface area contributed by atoms with Gasteiger partial charge in [0.2, 0.25) is 0 Å². The van der Waals surface area contributed by atoms with E-state index in [0.717, 1.165) is 25.0 Å². The molecule has 0 N–H and O–H groups in total. The van der Waals surface area contributed by atoms with Crippen molar-refractivity contribution in [2.24, 2.45) is 5.92 Å². The molecule has 30 heavy (non-hydrogen) atoms. The summed E-state index contributed by atoms with van der Waals surface area (Å²) in [4.78, 5) is 10.8. The highest BCUT2D eigenvalue weighted by Crippen LogP contribution is 2.57. The fourth-order valence-electron chi connectivity index (χ4n) is 5.91. The Hall–Kier alpha value is -2.46. The predicted molar refractivity (Wildman–Crippen MR) is 120 cm³/mol. The third-order valence-corrected chi connectivity index (χ3v) is 7.28. The van der Waals surface area contributed by atoms with Crippen LogP contribution < -0.4 is 0 Å². The molecule has 2 aromatic heterocycles. The molecule has 3 aliphatic rings. The first-order valence-electron chi connectivity index (χ1n) is 11.3. The van der Waals surface area contributed by atoms with Gasteiger partial charge in [-0.1, -0.05) is 6.42 Å². The van der Waals surface area contributed by atoms with E-state index in [1.165, 1.54) is 48.0 Å². The highest BCUT2D eigenvalue weighted by Gasteiger charge is 2.54. The third kappa shape index (κ3) is 3.27. The van der Waals surface area contributed by atoms with Crippen molar-refractivity contribution in [2.75, 3.05) is 14.1 Å². The van der Waals surface area contributed by atoms with Gasteiger partial charge in [-0.3, -0.25) is 14.9 Å². The Bertz CT molecular complexity index is 951. The second kappa shape index (κ2) is 7.99. The van der Waals surface area contributed by atoms with Crippen molar-refractivity contribution in [3.05, 3.63) is 77.1 Å². The van der Waals surface area contributed by atoms with Crippen LogP contribution in [0.2, 0.25) is 0 Å². The van der Waals surface area contributed by atoms with Crippen LogP contribution in [0, 0.1) is 5.92 Å². The van der Waals surface area contributed by atoms with Crippen LogP contribution in [-0.2, 0) is 4.74 Å². The lowest BCUT2D eigenvalue weighted by atomic mass is 9.64. The fourth-order valence-corrected chi connectivity index (χ4v) is 5.91. The Morgan fingerprint density at radius 3 is 2.43 bits per heavy atom. The maximum atomic E-state index is 7.09. The number of fused-ring (bicyclic) bond motifs is 1. The molecule has 156 valence electrons. The van der Waals surface area contributed by atoms with E-state index in [1.54, 1.807) is 0 Å². The molecular formula is C26H31N3O. The summed E-state index contributed by atoms with van der Waals surface area (Å²) in [6.45, 7) is 0. The lowest BCUT2D eigenvalue weighted by molar-refractivity contribution is -0.180. The van der Waals surface area contributed by atoms with Gasteiger partial charge < -0.3 is 4.74 Å². The minimum absolute atomic E-state index is 0.236. The molecule has 1 aliphatic heterocycles. The predicted octanol–water partition coefficient (Wildman–Crippen LogP) is 5.56. The van der Waals surface area contributed by atoms with Crippen LogP contribution >= 0.6 is 0 Å². The molecule has 0 radical (unpaired) electrons. The Labute approximate surface area is 179 Å². The first-order valence-corrected chi connectivity index (χ1v) is 11.3. The molecule has 1 saturated carbocycles. The highest BCUT2D eigenvalue weighted by atomic mass is 16.5. The number of aromatic nitrogens is 2. The lowest BCUT2D eigenvalue weighted by Crippen LogP contribution is -2.58. The molecule has 2 aromatic rings. The SMILES string of the molecule is CN(C)[C@]12CCCC[C@H]1[C@H](c1ccncc1)C1=C(O2)/C(=C/c2ccncc2)CCC1. The van der Waals surface area contributed by atoms with Crippen molar-refractivity contribution in [1.82, 2.24) is 14.9 Å². The van der Waals surface area contributed by atoms with Crippen LogP contribution in [0.15, 0.2) is 66.0 Å². The number of nitrogens with zero attached hydrogens (tertiary/aromatic N) is 3. The summed E-state index contributed by atoms with van der Waals surface area (Å²) in [6.07, 6.45) is 18.1. The number of ether oxygens (including phenoxy) is 1. The summed E-state index contributed by atoms with van der Waals surface area (Å²) in [7, 11) is 4.39. The lowest BCUT2D eigenvalue weighted by Gasteiger charge is -2.56. The second-order valence-electron chi connectivity index (χ2n) is 9.11. The van der Waals surface area contributed by atoms with Crippen molar-refractivity contribution in [1.29, 1.82) is 0 Å². The third-order valence-electron chi connectivity index (χ3n) is 7.28. The zero-order chi connectivity index (χ0) is 20.6. The number of pyridine rings is 2.